The summed E-state index contributed by atoms with van der Waals surface area (Å²) in [5.41, 5.74) is 1.44. The fourth-order valence-electron chi connectivity index (χ4n) is 3.13. The first-order valence-electron chi connectivity index (χ1n) is 8.50. The molecule has 3 rings (SSSR count). The number of anilines is 2. The SMILES string of the molecule is CCN(c1ncc(C(=O)O)cn1)c1nc2c(s1)C(C)(C)CCC2(C)C. The highest BCUT2D eigenvalue weighted by atomic mass is 32.1. The zero-order valence-electron chi connectivity index (χ0n) is 15.3. The maximum Gasteiger partial charge on any atom is 0.338 e. The Morgan fingerprint density at radius 3 is 2.32 bits per heavy atom. The third-order valence-corrected chi connectivity index (χ3v) is 6.36. The highest BCUT2D eigenvalue weighted by molar-refractivity contribution is 7.16. The summed E-state index contributed by atoms with van der Waals surface area (Å²) < 4.78 is 0. The molecule has 0 bridgehead atoms. The maximum atomic E-state index is 11.0. The summed E-state index contributed by atoms with van der Waals surface area (Å²) in [6.45, 7) is 11.7. The molecule has 0 radical (unpaired) electrons. The molecule has 1 aliphatic carbocycles. The van der Waals surface area contributed by atoms with E-state index in [0.717, 1.165) is 18.0 Å². The van der Waals surface area contributed by atoms with Crippen molar-refractivity contribution >= 4 is 28.4 Å². The Labute approximate surface area is 152 Å². The zero-order valence-corrected chi connectivity index (χ0v) is 16.1. The Morgan fingerprint density at radius 1 is 1.20 bits per heavy atom. The third-order valence-electron chi connectivity index (χ3n) is 4.92. The van der Waals surface area contributed by atoms with Crippen LogP contribution in [0.25, 0.3) is 0 Å². The molecule has 2 aromatic rings. The average Bonchev–Trinajstić information content (AvgIpc) is 3.01. The highest BCUT2D eigenvalue weighted by Crippen LogP contribution is 2.49. The molecule has 1 N–H and O–H groups in total. The topological polar surface area (TPSA) is 79.2 Å². The molecule has 1 aliphatic rings. The van der Waals surface area contributed by atoms with Crippen LogP contribution in [0.5, 0.6) is 0 Å². The van der Waals surface area contributed by atoms with E-state index in [1.54, 1.807) is 11.3 Å². The largest absolute Gasteiger partial charge is 0.478 e. The van der Waals surface area contributed by atoms with Crippen LogP contribution in [-0.2, 0) is 10.8 Å². The standard InChI is InChI=1S/C18H24N4O2S/c1-6-22(15-19-9-11(10-20-15)14(23)24)16-21-12-13(25-16)18(4,5)8-7-17(12,2)3/h9-10H,6-8H2,1-5H3,(H,23,24). The number of thiazole rings is 1. The first-order chi connectivity index (χ1) is 11.7. The van der Waals surface area contributed by atoms with Gasteiger partial charge in [-0.15, -0.1) is 11.3 Å². The van der Waals surface area contributed by atoms with Crippen molar-refractivity contribution < 1.29 is 9.90 Å². The fourth-order valence-corrected chi connectivity index (χ4v) is 4.57. The van der Waals surface area contributed by atoms with E-state index in [4.69, 9.17) is 10.1 Å². The van der Waals surface area contributed by atoms with E-state index >= 15 is 0 Å². The van der Waals surface area contributed by atoms with E-state index in [9.17, 15) is 4.79 Å². The molecule has 0 aromatic carbocycles. The smallest absolute Gasteiger partial charge is 0.338 e. The van der Waals surface area contributed by atoms with Crippen molar-refractivity contribution in [1.29, 1.82) is 0 Å². The summed E-state index contributed by atoms with van der Waals surface area (Å²) in [4.78, 5) is 27.7. The van der Waals surface area contributed by atoms with Gasteiger partial charge in [0.2, 0.25) is 5.95 Å². The van der Waals surface area contributed by atoms with Crippen LogP contribution in [0.1, 0.15) is 68.4 Å². The second-order valence-corrected chi connectivity index (χ2v) is 8.74. The molecule has 0 saturated heterocycles. The van der Waals surface area contributed by atoms with Gasteiger partial charge in [0.05, 0.1) is 11.3 Å². The van der Waals surface area contributed by atoms with Crippen LogP contribution < -0.4 is 4.90 Å². The van der Waals surface area contributed by atoms with Crippen LogP contribution in [0.2, 0.25) is 0 Å². The van der Waals surface area contributed by atoms with Crippen LogP contribution in [0.15, 0.2) is 12.4 Å². The molecule has 134 valence electrons. The molecule has 2 heterocycles. The van der Waals surface area contributed by atoms with Gasteiger partial charge in [0.25, 0.3) is 0 Å². The second kappa shape index (κ2) is 6.05. The number of carboxylic acid groups (broad SMARTS) is 1. The zero-order chi connectivity index (χ0) is 18.4. The van der Waals surface area contributed by atoms with Crippen molar-refractivity contribution in [3.8, 4) is 0 Å². The lowest BCUT2D eigenvalue weighted by Gasteiger charge is -2.37. The number of fused-ring (bicyclic) bond motifs is 1. The Morgan fingerprint density at radius 2 is 1.80 bits per heavy atom. The maximum absolute atomic E-state index is 11.0. The molecule has 25 heavy (non-hydrogen) atoms. The number of hydrogen-bond acceptors (Lipinski definition) is 6. The lowest BCUT2D eigenvalue weighted by atomic mass is 9.69. The first-order valence-corrected chi connectivity index (χ1v) is 9.32. The van der Waals surface area contributed by atoms with Gasteiger partial charge in [-0.25, -0.2) is 19.7 Å². The van der Waals surface area contributed by atoms with E-state index in [2.05, 4.69) is 37.7 Å². The van der Waals surface area contributed by atoms with Crippen LogP contribution in [0.4, 0.5) is 11.1 Å². The predicted octanol–water partition coefficient (Wildman–Crippen LogP) is 4.14. The number of carbonyl (C=O) groups is 1. The summed E-state index contributed by atoms with van der Waals surface area (Å²) in [5.74, 6) is -0.544. The Kier molecular flexibility index (Phi) is 4.31. The van der Waals surface area contributed by atoms with Crippen LogP contribution in [0, 0.1) is 0 Å². The van der Waals surface area contributed by atoms with Gasteiger partial charge in [0, 0.05) is 34.6 Å². The summed E-state index contributed by atoms with van der Waals surface area (Å²) >= 11 is 1.70. The number of aromatic carboxylic acids is 1. The molecule has 0 spiro atoms. The molecule has 7 heteroatoms. The molecule has 0 amide bonds. The third kappa shape index (κ3) is 3.13. The van der Waals surface area contributed by atoms with Crippen molar-refractivity contribution in [3.05, 3.63) is 28.5 Å². The second-order valence-electron chi connectivity index (χ2n) is 7.76. The summed E-state index contributed by atoms with van der Waals surface area (Å²) in [5, 5.41) is 9.88. The van der Waals surface area contributed by atoms with Crippen molar-refractivity contribution in [2.24, 2.45) is 0 Å². The molecule has 0 fully saturated rings. The van der Waals surface area contributed by atoms with Crippen LogP contribution >= 0.6 is 11.3 Å². The van der Waals surface area contributed by atoms with Gasteiger partial charge in [0.15, 0.2) is 5.13 Å². The Hall–Kier alpha value is -2.02. The van der Waals surface area contributed by atoms with E-state index in [1.165, 1.54) is 23.0 Å². The van der Waals surface area contributed by atoms with Gasteiger partial charge < -0.3 is 5.11 Å². The van der Waals surface area contributed by atoms with E-state index < -0.39 is 5.97 Å². The minimum Gasteiger partial charge on any atom is -0.478 e. The molecule has 0 unspecified atom stereocenters. The normalized spacial score (nSPS) is 17.8. The molecule has 2 aromatic heterocycles. The number of hydrogen-bond donors (Lipinski definition) is 1. The quantitative estimate of drug-likeness (QED) is 0.883. The first kappa shape index (κ1) is 17.8. The van der Waals surface area contributed by atoms with Crippen molar-refractivity contribution in [2.75, 3.05) is 11.4 Å². The predicted molar refractivity (Wildman–Crippen MR) is 99.1 cm³/mol. The van der Waals surface area contributed by atoms with E-state index in [0.29, 0.717) is 12.5 Å². The fraction of sp³-hybridized carbons (Fsp3) is 0.556. The van der Waals surface area contributed by atoms with Gasteiger partial charge in [-0.05, 0) is 19.8 Å². The van der Waals surface area contributed by atoms with Crippen molar-refractivity contribution in [3.63, 3.8) is 0 Å². The number of nitrogens with zero attached hydrogens (tertiary/aromatic N) is 4. The number of carboxylic acids is 1. The Balaban J connectivity index is 2.03. The molecule has 6 nitrogen and oxygen atoms in total. The highest BCUT2D eigenvalue weighted by Gasteiger charge is 2.41. The minimum absolute atomic E-state index is 0.0625. The number of aromatic nitrogens is 3. The van der Waals surface area contributed by atoms with Gasteiger partial charge in [-0.2, -0.15) is 0 Å². The Bertz CT molecular complexity index is 762. The van der Waals surface area contributed by atoms with Gasteiger partial charge in [0.1, 0.15) is 0 Å². The van der Waals surface area contributed by atoms with Crippen LogP contribution in [0.3, 0.4) is 0 Å². The lowest BCUT2D eigenvalue weighted by Crippen LogP contribution is -2.32. The molecule has 0 saturated carbocycles. The number of rotatable bonds is 4. The van der Waals surface area contributed by atoms with E-state index in [1.807, 2.05) is 11.8 Å². The lowest BCUT2D eigenvalue weighted by molar-refractivity contribution is 0.0696. The molecular weight excluding hydrogens is 336 g/mol. The monoisotopic (exact) mass is 360 g/mol. The minimum atomic E-state index is -1.03. The molecule has 0 atom stereocenters. The summed E-state index contributed by atoms with van der Waals surface area (Å²) in [6.07, 6.45) is 4.94. The van der Waals surface area contributed by atoms with Gasteiger partial charge >= 0.3 is 5.97 Å². The van der Waals surface area contributed by atoms with Crippen LogP contribution in [-0.4, -0.2) is 32.6 Å². The van der Waals surface area contributed by atoms with Gasteiger partial charge in [-0.3, -0.25) is 4.90 Å². The van der Waals surface area contributed by atoms with Gasteiger partial charge in [-0.1, -0.05) is 27.7 Å². The van der Waals surface area contributed by atoms with Crippen molar-refractivity contribution in [1.82, 2.24) is 15.0 Å². The molecular formula is C18H24N4O2S. The summed E-state index contributed by atoms with van der Waals surface area (Å²) in [6, 6.07) is 0. The summed E-state index contributed by atoms with van der Waals surface area (Å²) in [7, 11) is 0. The average molecular weight is 360 g/mol. The molecule has 0 aliphatic heterocycles. The van der Waals surface area contributed by atoms with E-state index in [-0.39, 0.29) is 16.4 Å². The van der Waals surface area contributed by atoms with Crippen molar-refractivity contribution in [2.45, 2.75) is 58.3 Å².